The summed E-state index contributed by atoms with van der Waals surface area (Å²) >= 11 is 0. The SMILES string of the molecule is Cc1ccc(OCC(=O)N(C)C)c(CCN)c1. The molecule has 94 valence electrons. The molecule has 0 unspecified atom stereocenters. The molecular weight excluding hydrogens is 216 g/mol. The maximum atomic E-state index is 11.4. The van der Waals surface area contributed by atoms with Crippen molar-refractivity contribution < 1.29 is 9.53 Å². The molecule has 1 rings (SSSR count). The minimum Gasteiger partial charge on any atom is -0.483 e. The van der Waals surface area contributed by atoms with Gasteiger partial charge in [-0.1, -0.05) is 17.7 Å². The summed E-state index contributed by atoms with van der Waals surface area (Å²) in [4.78, 5) is 12.9. The van der Waals surface area contributed by atoms with Gasteiger partial charge in [0.05, 0.1) is 0 Å². The fourth-order valence-corrected chi connectivity index (χ4v) is 1.47. The average Bonchev–Trinajstić information content (AvgIpc) is 2.28. The number of nitrogens with zero attached hydrogens (tertiary/aromatic N) is 1. The number of carbonyl (C=O) groups is 1. The molecule has 0 aliphatic rings. The second-order valence-electron chi connectivity index (χ2n) is 4.23. The van der Waals surface area contributed by atoms with E-state index in [2.05, 4.69) is 0 Å². The molecule has 0 aromatic heterocycles. The molecule has 0 bridgehead atoms. The molecule has 0 atom stereocenters. The van der Waals surface area contributed by atoms with Crippen molar-refractivity contribution in [3.63, 3.8) is 0 Å². The second kappa shape index (κ2) is 6.25. The van der Waals surface area contributed by atoms with Crippen molar-refractivity contribution in [3.05, 3.63) is 29.3 Å². The molecule has 0 fully saturated rings. The van der Waals surface area contributed by atoms with Crippen molar-refractivity contribution in [1.29, 1.82) is 0 Å². The number of carbonyl (C=O) groups excluding carboxylic acids is 1. The first-order chi connectivity index (χ1) is 8.04. The van der Waals surface area contributed by atoms with E-state index in [1.165, 1.54) is 10.5 Å². The Hall–Kier alpha value is -1.55. The summed E-state index contributed by atoms with van der Waals surface area (Å²) in [5.74, 6) is 0.695. The largest absolute Gasteiger partial charge is 0.483 e. The van der Waals surface area contributed by atoms with Crippen molar-refractivity contribution in [2.24, 2.45) is 5.73 Å². The molecule has 0 radical (unpaired) electrons. The van der Waals surface area contributed by atoms with Gasteiger partial charge in [-0.25, -0.2) is 0 Å². The van der Waals surface area contributed by atoms with Crippen LogP contribution in [0.2, 0.25) is 0 Å². The molecule has 0 spiro atoms. The first kappa shape index (κ1) is 13.5. The number of hydrogen-bond acceptors (Lipinski definition) is 3. The van der Waals surface area contributed by atoms with Gasteiger partial charge in [0, 0.05) is 14.1 Å². The maximum Gasteiger partial charge on any atom is 0.259 e. The first-order valence-corrected chi connectivity index (χ1v) is 5.67. The lowest BCUT2D eigenvalue weighted by molar-refractivity contribution is -0.130. The molecule has 1 aromatic rings. The van der Waals surface area contributed by atoms with Gasteiger partial charge in [-0.2, -0.15) is 0 Å². The van der Waals surface area contributed by atoms with E-state index in [9.17, 15) is 4.79 Å². The van der Waals surface area contributed by atoms with Crippen LogP contribution in [0.15, 0.2) is 18.2 Å². The summed E-state index contributed by atoms with van der Waals surface area (Å²) in [6.45, 7) is 2.66. The highest BCUT2D eigenvalue weighted by Crippen LogP contribution is 2.20. The fraction of sp³-hybridized carbons (Fsp3) is 0.462. The molecule has 17 heavy (non-hydrogen) atoms. The average molecular weight is 236 g/mol. The molecule has 1 aromatic carbocycles. The predicted molar refractivity (Wildman–Crippen MR) is 68.1 cm³/mol. The van der Waals surface area contributed by atoms with E-state index in [4.69, 9.17) is 10.5 Å². The molecule has 0 saturated heterocycles. The van der Waals surface area contributed by atoms with Crippen LogP contribution in [0.3, 0.4) is 0 Å². The number of nitrogens with two attached hydrogens (primary N) is 1. The molecule has 0 aliphatic carbocycles. The normalized spacial score (nSPS) is 10.1. The minimum absolute atomic E-state index is 0.0516. The van der Waals surface area contributed by atoms with Crippen molar-refractivity contribution in [3.8, 4) is 5.75 Å². The smallest absolute Gasteiger partial charge is 0.259 e. The van der Waals surface area contributed by atoms with E-state index in [0.29, 0.717) is 6.54 Å². The zero-order valence-electron chi connectivity index (χ0n) is 10.7. The molecule has 4 heteroatoms. The zero-order valence-corrected chi connectivity index (χ0v) is 10.7. The first-order valence-electron chi connectivity index (χ1n) is 5.67. The third kappa shape index (κ3) is 4.07. The molecule has 0 heterocycles. The van der Waals surface area contributed by atoms with Crippen molar-refractivity contribution in [2.75, 3.05) is 27.2 Å². The van der Waals surface area contributed by atoms with Crippen molar-refractivity contribution in [2.45, 2.75) is 13.3 Å². The van der Waals surface area contributed by atoms with Crippen LogP contribution < -0.4 is 10.5 Å². The topological polar surface area (TPSA) is 55.6 Å². The van der Waals surface area contributed by atoms with Crippen LogP contribution in [-0.2, 0) is 11.2 Å². The summed E-state index contributed by atoms with van der Waals surface area (Å²) in [5, 5.41) is 0. The van der Waals surface area contributed by atoms with Gasteiger partial charge in [-0.3, -0.25) is 4.79 Å². The molecule has 0 saturated carbocycles. The number of ether oxygens (including phenoxy) is 1. The Morgan fingerprint density at radius 1 is 1.41 bits per heavy atom. The Balaban J connectivity index is 2.72. The number of hydrogen-bond donors (Lipinski definition) is 1. The van der Waals surface area contributed by atoms with E-state index in [1.54, 1.807) is 14.1 Å². The number of amides is 1. The summed E-state index contributed by atoms with van der Waals surface area (Å²) in [6, 6.07) is 5.90. The van der Waals surface area contributed by atoms with Gasteiger partial charge in [-0.05, 0) is 31.5 Å². The lowest BCUT2D eigenvalue weighted by atomic mass is 10.1. The quantitative estimate of drug-likeness (QED) is 0.828. The molecule has 0 aliphatic heterocycles. The van der Waals surface area contributed by atoms with Gasteiger partial charge in [0.25, 0.3) is 5.91 Å². The van der Waals surface area contributed by atoms with Gasteiger partial charge >= 0.3 is 0 Å². The molecular formula is C13H20N2O2. The zero-order chi connectivity index (χ0) is 12.8. The third-order valence-electron chi connectivity index (χ3n) is 2.48. The highest BCUT2D eigenvalue weighted by molar-refractivity contribution is 5.77. The Morgan fingerprint density at radius 3 is 2.71 bits per heavy atom. The Labute approximate surface area is 102 Å². The van der Waals surface area contributed by atoms with Gasteiger partial charge in [0.1, 0.15) is 5.75 Å². The number of likely N-dealkylation sites (N-methyl/N-ethyl adjacent to an activating group) is 1. The van der Waals surface area contributed by atoms with E-state index < -0.39 is 0 Å². The van der Waals surface area contributed by atoms with E-state index in [1.807, 2.05) is 25.1 Å². The second-order valence-corrected chi connectivity index (χ2v) is 4.23. The van der Waals surface area contributed by atoms with Crippen LogP contribution in [-0.4, -0.2) is 38.1 Å². The van der Waals surface area contributed by atoms with E-state index in [0.717, 1.165) is 17.7 Å². The Bertz CT molecular complexity index is 389. The van der Waals surface area contributed by atoms with Crippen LogP contribution in [0.5, 0.6) is 5.75 Å². The van der Waals surface area contributed by atoms with E-state index >= 15 is 0 Å². The van der Waals surface area contributed by atoms with Gasteiger partial charge in [-0.15, -0.1) is 0 Å². The summed E-state index contributed by atoms with van der Waals surface area (Å²) < 4.78 is 5.52. The minimum atomic E-state index is -0.0516. The van der Waals surface area contributed by atoms with Crippen molar-refractivity contribution in [1.82, 2.24) is 4.90 Å². The van der Waals surface area contributed by atoms with Crippen LogP contribution >= 0.6 is 0 Å². The van der Waals surface area contributed by atoms with Gasteiger partial charge in [0.15, 0.2) is 6.61 Å². The van der Waals surface area contributed by atoms with Crippen LogP contribution in [0.25, 0.3) is 0 Å². The Morgan fingerprint density at radius 2 is 2.12 bits per heavy atom. The third-order valence-corrected chi connectivity index (χ3v) is 2.48. The van der Waals surface area contributed by atoms with Crippen LogP contribution in [0, 0.1) is 6.92 Å². The summed E-state index contributed by atoms with van der Waals surface area (Å²) in [6.07, 6.45) is 0.757. The van der Waals surface area contributed by atoms with E-state index in [-0.39, 0.29) is 12.5 Å². The molecule has 1 amide bonds. The van der Waals surface area contributed by atoms with Crippen LogP contribution in [0.1, 0.15) is 11.1 Å². The maximum absolute atomic E-state index is 11.4. The Kier molecular flexibility index (Phi) is 4.97. The standard InChI is InChI=1S/C13H20N2O2/c1-10-4-5-12(11(8-10)6-7-14)17-9-13(16)15(2)3/h4-5,8H,6-7,9,14H2,1-3H3. The predicted octanol–water partition coefficient (Wildman–Crippen LogP) is 0.963. The lowest BCUT2D eigenvalue weighted by Crippen LogP contribution is -2.27. The van der Waals surface area contributed by atoms with Crippen molar-refractivity contribution >= 4 is 5.91 Å². The summed E-state index contributed by atoms with van der Waals surface area (Å²) in [5.41, 5.74) is 7.77. The highest BCUT2D eigenvalue weighted by Gasteiger charge is 2.08. The highest BCUT2D eigenvalue weighted by atomic mass is 16.5. The number of aryl methyl sites for hydroxylation is 1. The van der Waals surface area contributed by atoms with Crippen LogP contribution in [0.4, 0.5) is 0 Å². The number of benzene rings is 1. The fourth-order valence-electron chi connectivity index (χ4n) is 1.47. The van der Waals surface area contributed by atoms with Gasteiger partial charge < -0.3 is 15.4 Å². The van der Waals surface area contributed by atoms with Gasteiger partial charge in [0.2, 0.25) is 0 Å². The summed E-state index contributed by atoms with van der Waals surface area (Å²) in [7, 11) is 3.42. The monoisotopic (exact) mass is 236 g/mol. The number of rotatable bonds is 5. The molecule has 2 N–H and O–H groups in total. The molecule has 4 nitrogen and oxygen atoms in total. The lowest BCUT2D eigenvalue weighted by Gasteiger charge is -2.14.